The number of nitrogens with zero attached hydrogens (tertiary/aromatic N) is 3. The van der Waals surface area contributed by atoms with E-state index in [4.69, 9.17) is 23.2 Å². The summed E-state index contributed by atoms with van der Waals surface area (Å²) in [4.78, 5) is 17.3. The normalized spacial score (nSPS) is 10.9. The Morgan fingerprint density at radius 2 is 1.74 bits per heavy atom. The predicted octanol–water partition coefficient (Wildman–Crippen LogP) is 6.25. The highest BCUT2D eigenvalue weighted by Gasteiger charge is 2.20. The van der Waals surface area contributed by atoms with Crippen molar-refractivity contribution in [3.8, 4) is 17.1 Å². The van der Waals surface area contributed by atoms with Crippen LogP contribution in [-0.4, -0.2) is 20.7 Å². The molecule has 0 fully saturated rings. The van der Waals surface area contributed by atoms with Gasteiger partial charge in [0.25, 0.3) is 5.91 Å². The third-order valence-electron chi connectivity index (χ3n) is 4.67. The van der Waals surface area contributed by atoms with Crippen LogP contribution in [0.5, 0.6) is 0 Å². The summed E-state index contributed by atoms with van der Waals surface area (Å²) in [5.41, 5.74) is 3.83. The molecule has 0 aliphatic heterocycles. The number of anilines is 1. The number of amides is 1. The first-order chi connectivity index (χ1) is 14.8. The van der Waals surface area contributed by atoms with Crippen LogP contribution in [0, 0.1) is 19.7 Å². The van der Waals surface area contributed by atoms with Gasteiger partial charge in [-0.2, -0.15) is 0 Å². The van der Waals surface area contributed by atoms with Gasteiger partial charge in [0, 0.05) is 10.6 Å². The molecule has 0 unspecified atom stereocenters. The summed E-state index contributed by atoms with van der Waals surface area (Å²) >= 11 is 12.1. The Morgan fingerprint density at radius 3 is 2.42 bits per heavy atom. The summed E-state index contributed by atoms with van der Waals surface area (Å²) in [7, 11) is 0. The van der Waals surface area contributed by atoms with Crippen molar-refractivity contribution in [1.82, 2.24) is 14.8 Å². The van der Waals surface area contributed by atoms with Crippen LogP contribution >= 0.6 is 23.2 Å². The number of aryl methyl sites for hydroxylation is 2. The molecule has 0 radical (unpaired) electrons. The zero-order valence-corrected chi connectivity index (χ0v) is 18.2. The molecule has 4 aromatic rings. The van der Waals surface area contributed by atoms with E-state index in [2.05, 4.69) is 15.4 Å². The highest BCUT2D eigenvalue weighted by Crippen LogP contribution is 2.27. The molecule has 0 aliphatic carbocycles. The minimum atomic E-state index is -0.531. The van der Waals surface area contributed by atoms with Crippen LogP contribution in [0.3, 0.4) is 0 Å². The van der Waals surface area contributed by atoms with Crippen LogP contribution < -0.4 is 5.32 Å². The smallest absolute Gasteiger partial charge is 0.295 e. The van der Waals surface area contributed by atoms with Crippen LogP contribution in [0.25, 0.3) is 17.1 Å². The second-order valence-electron chi connectivity index (χ2n) is 7.05. The van der Waals surface area contributed by atoms with E-state index in [1.807, 2.05) is 32.0 Å². The molecule has 0 bridgehead atoms. The third-order valence-corrected chi connectivity index (χ3v) is 5.22. The summed E-state index contributed by atoms with van der Waals surface area (Å²) in [5.74, 6) is -0.530. The molecule has 1 N–H and O–H groups in total. The van der Waals surface area contributed by atoms with Crippen LogP contribution in [0.4, 0.5) is 10.1 Å². The quantitative estimate of drug-likeness (QED) is 0.396. The van der Waals surface area contributed by atoms with Crippen LogP contribution in [0.2, 0.25) is 10.0 Å². The summed E-state index contributed by atoms with van der Waals surface area (Å²) in [6.07, 6.45) is 0. The lowest BCUT2D eigenvalue weighted by atomic mass is 10.1. The number of hydrogen-bond acceptors (Lipinski definition) is 3. The fourth-order valence-electron chi connectivity index (χ4n) is 3.17. The molecule has 5 nitrogen and oxygen atoms in total. The first kappa shape index (κ1) is 21.0. The van der Waals surface area contributed by atoms with E-state index < -0.39 is 5.91 Å². The van der Waals surface area contributed by atoms with Crippen molar-refractivity contribution in [3.05, 3.63) is 93.5 Å². The summed E-state index contributed by atoms with van der Waals surface area (Å²) in [6, 6.07) is 16.5. The number of aromatic nitrogens is 3. The zero-order chi connectivity index (χ0) is 22.1. The standard InChI is InChI=1S/C23H17Cl2FN4O/c1-13-3-10-20(14(2)11-13)30-22(15-4-7-17(26)8-5-15)28-21(29-30)23(31)27-19-9-6-16(24)12-18(19)25/h3-12H,1-2H3,(H,27,31). The van der Waals surface area contributed by atoms with E-state index in [-0.39, 0.29) is 11.6 Å². The average molecular weight is 455 g/mol. The largest absolute Gasteiger partial charge is 0.318 e. The highest BCUT2D eigenvalue weighted by atomic mass is 35.5. The molecular weight excluding hydrogens is 438 g/mol. The van der Waals surface area contributed by atoms with Gasteiger partial charge in [-0.05, 0) is 67.9 Å². The van der Waals surface area contributed by atoms with Gasteiger partial charge in [-0.3, -0.25) is 4.79 Å². The SMILES string of the molecule is Cc1ccc(-n2nc(C(=O)Nc3ccc(Cl)cc3Cl)nc2-c2ccc(F)cc2)c(C)c1. The topological polar surface area (TPSA) is 59.8 Å². The van der Waals surface area contributed by atoms with Gasteiger partial charge < -0.3 is 5.32 Å². The molecule has 8 heteroatoms. The van der Waals surface area contributed by atoms with Gasteiger partial charge in [0.15, 0.2) is 5.82 Å². The highest BCUT2D eigenvalue weighted by molar-refractivity contribution is 6.36. The van der Waals surface area contributed by atoms with Gasteiger partial charge in [0.1, 0.15) is 5.82 Å². The van der Waals surface area contributed by atoms with Gasteiger partial charge in [0.05, 0.1) is 16.4 Å². The Morgan fingerprint density at radius 1 is 1.00 bits per heavy atom. The molecule has 0 atom stereocenters. The van der Waals surface area contributed by atoms with Gasteiger partial charge in [-0.25, -0.2) is 14.1 Å². The summed E-state index contributed by atoms with van der Waals surface area (Å²) in [6.45, 7) is 3.94. The number of halogens is 3. The fourth-order valence-corrected chi connectivity index (χ4v) is 3.63. The summed E-state index contributed by atoms with van der Waals surface area (Å²) < 4.78 is 15.0. The number of benzene rings is 3. The van der Waals surface area contributed by atoms with Gasteiger partial charge in [-0.1, -0.05) is 40.9 Å². The minimum Gasteiger partial charge on any atom is -0.318 e. The fraction of sp³-hybridized carbons (Fsp3) is 0.0870. The Balaban J connectivity index is 1.79. The first-order valence-corrected chi connectivity index (χ1v) is 10.1. The maximum atomic E-state index is 13.4. The van der Waals surface area contributed by atoms with E-state index >= 15 is 0 Å². The molecule has 156 valence electrons. The molecule has 4 rings (SSSR count). The van der Waals surface area contributed by atoms with Crippen molar-refractivity contribution in [3.63, 3.8) is 0 Å². The molecular formula is C23H17Cl2FN4O. The summed E-state index contributed by atoms with van der Waals surface area (Å²) in [5, 5.41) is 7.90. The van der Waals surface area contributed by atoms with Gasteiger partial charge in [-0.15, -0.1) is 5.10 Å². The third kappa shape index (κ3) is 4.45. The molecule has 1 aromatic heterocycles. The molecule has 0 saturated carbocycles. The Bertz CT molecular complexity index is 1290. The van der Waals surface area contributed by atoms with Crippen molar-refractivity contribution in [1.29, 1.82) is 0 Å². The molecule has 0 aliphatic rings. The predicted molar refractivity (Wildman–Crippen MR) is 121 cm³/mol. The monoisotopic (exact) mass is 454 g/mol. The Labute approximate surface area is 188 Å². The number of carbonyl (C=O) groups excluding carboxylic acids is 1. The maximum Gasteiger partial charge on any atom is 0.295 e. The van der Waals surface area contributed by atoms with E-state index in [1.54, 1.807) is 28.9 Å². The van der Waals surface area contributed by atoms with E-state index in [1.165, 1.54) is 18.2 Å². The Kier molecular flexibility index (Phi) is 5.76. The van der Waals surface area contributed by atoms with E-state index in [9.17, 15) is 9.18 Å². The van der Waals surface area contributed by atoms with Crippen LogP contribution in [0.1, 0.15) is 21.7 Å². The lowest BCUT2D eigenvalue weighted by Crippen LogP contribution is -2.14. The van der Waals surface area contributed by atoms with Crippen LogP contribution in [-0.2, 0) is 0 Å². The molecule has 31 heavy (non-hydrogen) atoms. The minimum absolute atomic E-state index is 0.0506. The van der Waals surface area contributed by atoms with E-state index in [0.717, 1.165) is 16.8 Å². The van der Waals surface area contributed by atoms with Crippen molar-refractivity contribution in [2.75, 3.05) is 5.32 Å². The number of rotatable bonds is 4. The number of hydrogen-bond donors (Lipinski definition) is 1. The lowest BCUT2D eigenvalue weighted by molar-refractivity contribution is 0.101. The molecule has 3 aromatic carbocycles. The second kappa shape index (κ2) is 8.49. The zero-order valence-electron chi connectivity index (χ0n) is 16.7. The molecule has 0 saturated heterocycles. The molecule has 1 heterocycles. The van der Waals surface area contributed by atoms with Gasteiger partial charge in [0.2, 0.25) is 5.82 Å². The number of nitrogens with one attached hydrogen (secondary N) is 1. The van der Waals surface area contributed by atoms with Crippen molar-refractivity contribution in [2.24, 2.45) is 0 Å². The van der Waals surface area contributed by atoms with Crippen LogP contribution in [0.15, 0.2) is 60.7 Å². The maximum absolute atomic E-state index is 13.4. The second-order valence-corrected chi connectivity index (χ2v) is 7.89. The van der Waals surface area contributed by atoms with Crippen molar-refractivity contribution >= 4 is 34.8 Å². The first-order valence-electron chi connectivity index (χ1n) is 9.39. The van der Waals surface area contributed by atoms with Crippen molar-refractivity contribution in [2.45, 2.75) is 13.8 Å². The van der Waals surface area contributed by atoms with Gasteiger partial charge >= 0.3 is 0 Å². The average Bonchev–Trinajstić information content (AvgIpc) is 3.16. The molecule has 1 amide bonds. The lowest BCUT2D eigenvalue weighted by Gasteiger charge is -2.10. The number of carbonyl (C=O) groups is 1. The van der Waals surface area contributed by atoms with Crippen molar-refractivity contribution < 1.29 is 9.18 Å². The molecule has 0 spiro atoms. The van der Waals surface area contributed by atoms with E-state index in [0.29, 0.717) is 27.1 Å². The Hall–Kier alpha value is -3.22.